The zero-order valence-corrected chi connectivity index (χ0v) is 17.1. The number of methoxy groups -OCH3 is 1. The Morgan fingerprint density at radius 3 is 2.74 bits per heavy atom. The number of aromatic nitrogens is 3. The van der Waals surface area contributed by atoms with Crippen LogP contribution >= 0.6 is 0 Å². The van der Waals surface area contributed by atoms with Crippen LogP contribution in [0.25, 0.3) is 11.4 Å². The van der Waals surface area contributed by atoms with E-state index in [1.807, 2.05) is 0 Å². The third-order valence-electron chi connectivity index (χ3n) is 4.41. The van der Waals surface area contributed by atoms with Crippen molar-refractivity contribution in [3.8, 4) is 17.1 Å². The van der Waals surface area contributed by atoms with Crippen molar-refractivity contribution in [1.82, 2.24) is 15.1 Å². The molecule has 0 radical (unpaired) electrons. The van der Waals surface area contributed by atoms with E-state index in [-0.39, 0.29) is 17.1 Å². The summed E-state index contributed by atoms with van der Waals surface area (Å²) in [6.07, 6.45) is 3.44. The minimum Gasteiger partial charge on any atom is -0.495 e. The van der Waals surface area contributed by atoms with E-state index in [9.17, 15) is 12.8 Å². The second kappa shape index (κ2) is 8.52. The van der Waals surface area contributed by atoms with Gasteiger partial charge in [-0.2, -0.15) is 4.98 Å². The van der Waals surface area contributed by atoms with E-state index >= 15 is 0 Å². The number of rotatable bonds is 7. The fraction of sp³-hybridized carbons (Fsp3) is 0.0952. The minimum atomic E-state index is -4.12. The molecule has 10 heteroatoms. The number of nitrogens with one attached hydrogen (secondary N) is 1. The summed E-state index contributed by atoms with van der Waals surface area (Å²) in [5, 5.41) is 3.94. The van der Waals surface area contributed by atoms with Crippen LogP contribution in [-0.4, -0.2) is 30.7 Å². The van der Waals surface area contributed by atoms with Gasteiger partial charge in [0.15, 0.2) is 0 Å². The molecule has 0 unspecified atom stereocenters. The van der Waals surface area contributed by atoms with Gasteiger partial charge >= 0.3 is 0 Å². The molecule has 4 aromatic rings. The molecule has 0 saturated carbocycles. The first-order valence-corrected chi connectivity index (χ1v) is 10.6. The summed E-state index contributed by atoms with van der Waals surface area (Å²) in [5.74, 6) is 0.0205. The van der Waals surface area contributed by atoms with Crippen molar-refractivity contribution in [1.29, 1.82) is 0 Å². The molecule has 31 heavy (non-hydrogen) atoms. The van der Waals surface area contributed by atoms with Gasteiger partial charge in [-0.15, -0.1) is 0 Å². The predicted molar refractivity (Wildman–Crippen MR) is 111 cm³/mol. The molecule has 8 nitrogen and oxygen atoms in total. The van der Waals surface area contributed by atoms with Gasteiger partial charge in [0.1, 0.15) is 16.5 Å². The SMILES string of the molecule is COc1ccc(F)cc1S(=O)(=O)Nc1ccccc1Cc1nc(-c2cccnc2)no1. The molecule has 0 saturated heterocycles. The number of sulfonamides is 1. The van der Waals surface area contributed by atoms with Crippen LogP contribution in [0.2, 0.25) is 0 Å². The van der Waals surface area contributed by atoms with E-state index in [0.29, 0.717) is 28.5 Å². The molecule has 2 aromatic carbocycles. The maximum absolute atomic E-state index is 13.7. The summed E-state index contributed by atoms with van der Waals surface area (Å²) >= 11 is 0. The van der Waals surface area contributed by atoms with Gasteiger partial charge in [-0.1, -0.05) is 23.4 Å². The van der Waals surface area contributed by atoms with E-state index in [2.05, 4.69) is 19.8 Å². The lowest BCUT2D eigenvalue weighted by Crippen LogP contribution is -2.15. The van der Waals surface area contributed by atoms with Gasteiger partial charge in [-0.3, -0.25) is 9.71 Å². The van der Waals surface area contributed by atoms with E-state index in [1.165, 1.54) is 13.2 Å². The molecule has 0 aliphatic carbocycles. The van der Waals surface area contributed by atoms with Gasteiger partial charge in [0.25, 0.3) is 10.0 Å². The smallest absolute Gasteiger partial charge is 0.265 e. The second-order valence-electron chi connectivity index (χ2n) is 6.49. The molecular weight excluding hydrogens is 423 g/mol. The average Bonchev–Trinajstić information content (AvgIpc) is 3.24. The lowest BCUT2D eigenvalue weighted by atomic mass is 10.1. The topological polar surface area (TPSA) is 107 Å². The normalized spacial score (nSPS) is 11.3. The fourth-order valence-electron chi connectivity index (χ4n) is 2.94. The Hall–Kier alpha value is -3.79. The third kappa shape index (κ3) is 4.53. The Bertz CT molecular complexity index is 1310. The van der Waals surface area contributed by atoms with Crippen LogP contribution in [0.1, 0.15) is 11.5 Å². The number of benzene rings is 2. The molecular formula is C21H17FN4O4S. The molecule has 158 valence electrons. The highest BCUT2D eigenvalue weighted by molar-refractivity contribution is 7.92. The molecule has 0 aliphatic heterocycles. The van der Waals surface area contributed by atoms with Gasteiger partial charge in [0.2, 0.25) is 11.7 Å². The van der Waals surface area contributed by atoms with Gasteiger partial charge < -0.3 is 9.26 Å². The first kappa shape index (κ1) is 20.5. The number of para-hydroxylation sites is 1. The first-order valence-electron chi connectivity index (χ1n) is 9.13. The number of ether oxygens (including phenoxy) is 1. The summed E-state index contributed by atoms with van der Waals surface area (Å²) in [6.45, 7) is 0. The van der Waals surface area contributed by atoms with Gasteiger partial charge in [0.05, 0.1) is 19.2 Å². The van der Waals surface area contributed by atoms with E-state index < -0.39 is 15.8 Å². The molecule has 0 spiro atoms. The Balaban J connectivity index is 1.61. The molecule has 0 fully saturated rings. The minimum absolute atomic E-state index is 0.0318. The number of hydrogen-bond donors (Lipinski definition) is 1. The summed E-state index contributed by atoms with van der Waals surface area (Å²) in [6, 6.07) is 13.6. The highest BCUT2D eigenvalue weighted by Gasteiger charge is 2.22. The van der Waals surface area contributed by atoms with Gasteiger partial charge in [-0.25, -0.2) is 12.8 Å². The predicted octanol–water partition coefficient (Wildman–Crippen LogP) is 3.67. The van der Waals surface area contributed by atoms with Crippen molar-refractivity contribution in [2.24, 2.45) is 0 Å². The zero-order chi connectivity index (χ0) is 21.8. The number of halogens is 1. The van der Waals surface area contributed by atoms with Crippen molar-refractivity contribution in [2.45, 2.75) is 11.3 Å². The zero-order valence-electron chi connectivity index (χ0n) is 16.3. The number of nitrogens with zero attached hydrogens (tertiary/aromatic N) is 3. The van der Waals surface area contributed by atoms with Crippen LogP contribution in [0.5, 0.6) is 5.75 Å². The summed E-state index contributed by atoms with van der Waals surface area (Å²) in [4.78, 5) is 8.06. The van der Waals surface area contributed by atoms with Gasteiger partial charge in [0, 0.05) is 18.0 Å². The second-order valence-corrected chi connectivity index (χ2v) is 8.14. The van der Waals surface area contributed by atoms with E-state index in [4.69, 9.17) is 9.26 Å². The molecule has 0 atom stereocenters. The molecule has 2 heterocycles. The first-order chi connectivity index (χ1) is 15.0. The molecule has 0 bridgehead atoms. The molecule has 0 amide bonds. The Labute approximate surface area is 177 Å². The third-order valence-corrected chi connectivity index (χ3v) is 5.79. The molecule has 1 N–H and O–H groups in total. The van der Waals surface area contributed by atoms with Crippen LogP contribution < -0.4 is 9.46 Å². The van der Waals surface area contributed by atoms with Gasteiger partial charge in [-0.05, 0) is 42.0 Å². The highest BCUT2D eigenvalue weighted by Crippen LogP contribution is 2.28. The largest absolute Gasteiger partial charge is 0.495 e. The maximum atomic E-state index is 13.7. The van der Waals surface area contributed by atoms with Crippen LogP contribution in [0.15, 0.2) is 76.4 Å². The van der Waals surface area contributed by atoms with Crippen molar-refractivity contribution in [3.63, 3.8) is 0 Å². The molecule has 0 aliphatic rings. The standard InChI is InChI=1S/C21H17FN4O4S/c1-29-18-9-8-16(22)12-19(18)31(27,28)26-17-7-3-2-5-14(17)11-20-24-21(25-30-20)15-6-4-10-23-13-15/h2-10,12-13,26H,11H2,1H3. The lowest BCUT2D eigenvalue weighted by molar-refractivity contribution is 0.386. The van der Waals surface area contributed by atoms with Crippen molar-refractivity contribution in [2.75, 3.05) is 11.8 Å². The summed E-state index contributed by atoms with van der Waals surface area (Å²) < 4.78 is 52.4. The fourth-order valence-corrected chi connectivity index (χ4v) is 4.22. The van der Waals surface area contributed by atoms with E-state index in [1.54, 1.807) is 48.8 Å². The van der Waals surface area contributed by atoms with Crippen molar-refractivity contribution < 1.29 is 22.1 Å². The Morgan fingerprint density at radius 2 is 1.97 bits per heavy atom. The quantitative estimate of drug-likeness (QED) is 0.467. The number of hydrogen-bond acceptors (Lipinski definition) is 7. The Kier molecular flexibility index (Phi) is 5.63. The van der Waals surface area contributed by atoms with Crippen LogP contribution in [0, 0.1) is 5.82 Å². The summed E-state index contributed by atoms with van der Waals surface area (Å²) in [7, 11) is -2.81. The van der Waals surface area contributed by atoms with Crippen LogP contribution in [0.4, 0.5) is 10.1 Å². The maximum Gasteiger partial charge on any atom is 0.265 e. The van der Waals surface area contributed by atoms with Crippen molar-refractivity contribution >= 4 is 15.7 Å². The van der Waals surface area contributed by atoms with E-state index in [0.717, 1.165) is 12.1 Å². The van der Waals surface area contributed by atoms with Crippen molar-refractivity contribution in [3.05, 3.63) is 84.3 Å². The summed E-state index contributed by atoms with van der Waals surface area (Å²) in [5.41, 5.74) is 1.60. The lowest BCUT2D eigenvalue weighted by Gasteiger charge is -2.14. The Morgan fingerprint density at radius 1 is 1.13 bits per heavy atom. The number of anilines is 1. The van der Waals surface area contributed by atoms with Crippen LogP contribution in [0.3, 0.4) is 0 Å². The highest BCUT2D eigenvalue weighted by atomic mass is 32.2. The number of pyridine rings is 1. The monoisotopic (exact) mass is 440 g/mol. The molecule has 4 rings (SSSR count). The average molecular weight is 440 g/mol. The van der Waals surface area contributed by atoms with Crippen LogP contribution in [-0.2, 0) is 16.4 Å². The molecule has 2 aromatic heterocycles.